The van der Waals surface area contributed by atoms with E-state index in [-0.39, 0.29) is 5.41 Å². The molecule has 0 N–H and O–H groups in total. The van der Waals surface area contributed by atoms with Crippen LogP contribution in [0.2, 0.25) is 0 Å². The smallest absolute Gasteiger partial charge is 0.132 e. The molecule has 0 unspecified atom stereocenters. The Balaban J connectivity index is 2.07. The van der Waals surface area contributed by atoms with Crippen molar-refractivity contribution in [3.8, 4) is 5.75 Å². The molecule has 0 aromatic heterocycles. The number of ether oxygens (including phenoxy) is 1. The third kappa shape index (κ3) is 5.32. The molecule has 0 spiro atoms. The second-order valence-corrected chi connectivity index (χ2v) is 7.55. The molecule has 24 heavy (non-hydrogen) atoms. The number of hydrogen-bond donors (Lipinski definition) is 0. The topological polar surface area (TPSA) is 32.8 Å². The van der Waals surface area contributed by atoms with Crippen LogP contribution in [0.1, 0.15) is 37.7 Å². The van der Waals surface area contributed by atoms with Crippen molar-refractivity contribution in [2.24, 2.45) is 0 Å². The van der Waals surface area contributed by atoms with E-state index in [4.69, 9.17) is 4.74 Å². The van der Waals surface area contributed by atoms with Crippen molar-refractivity contribution in [1.29, 1.82) is 0 Å². The van der Waals surface area contributed by atoms with Crippen molar-refractivity contribution in [3.05, 3.63) is 29.8 Å². The summed E-state index contributed by atoms with van der Waals surface area (Å²) in [6.07, 6.45) is 4.48. The molecule has 0 amide bonds. The maximum atomic E-state index is 11.7. The molecule has 0 bridgehead atoms. The van der Waals surface area contributed by atoms with Crippen LogP contribution in [0.4, 0.5) is 0 Å². The lowest BCUT2D eigenvalue weighted by molar-refractivity contribution is -0.121. The predicted octanol–water partition coefficient (Wildman–Crippen LogP) is 2.96. The van der Waals surface area contributed by atoms with Gasteiger partial charge in [-0.3, -0.25) is 4.79 Å². The third-order valence-corrected chi connectivity index (χ3v) is 5.08. The molecule has 1 saturated carbocycles. The van der Waals surface area contributed by atoms with Crippen molar-refractivity contribution in [2.45, 2.75) is 37.5 Å². The van der Waals surface area contributed by atoms with E-state index in [9.17, 15) is 4.79 Å². The Hall–Kier alpha value is -1.39. The molecular weight excluding hydrogens is 300 g/mol. The first-order chi connectivity index (χ1) is 11.4. The van der Waals surface area contributed by atoms with E-state index in [1.807, 2.05) is 14.1 Å². The van der Waals surface area contributed by atoms with Crippen LogP contribution in [-0.4, -0.2) is 63.5 Å². The average Bonchev–Trinajstić information content (AvgIpc) is 2.55. The molecule has 1 aliphatic rings. The number of nitrogens with zero attached hydrogens (tertiary/aromatic N) is 2. The van der Waals surface area contributed by atoms with Gasteiger partial charge in [-0.15, -0.1) is 0 Å². The fourth-order valence-electron chi connectivity index (χ4n) is 3.38. The lowest BCUT2D eigenvalue weighted by Gasteiger charge is -2.38. The molecule has 1 aromatic rings. The summed E-state index contributed by atoms with van der Waals surface area (Å²) in [4.78, 5) is 16.1. The van der Waals surface area contributed by atoms with Gasteiger partial charge in [0.15, 0.2) is 0 Å². The Kier molecular flexibility index (Phi) is 6.81. The van der Waals surface area contributed by atoms with Crippen molar-refractivity contribution in [2.75, 3.05) is 47.9 Å². The summed E-state index contributed by atoms with van der Waals surface area (Å²) in [5.41, 5.74) is 1.50. The highest BCUT2D eigenvalue weighted by Gasteiger charge is 2.36. The van der Waals surface area contributed by atoms with Crippen LogP contribution in [0.5, 0.6) is 5.75 Å². The average molecular weight is 332 g/mol. The van der Waals surface area contributed by atoms with Gasteiger partial charge in [0.1, 0.15) is 18.1 Å². The van der Waals surface area contributed by atoms with Gasteiger partial charge in [0.2, 0.25) is 0 Å². The molecule has 1 aliphatic carbocycles. The van der Waals surface area contributed by atoms with E-state index in [1.54, 1.807) is 0 Å². The first kappa shape index (κ1) is 18.9. The van der Waals surface area contributed by atoms with Gasteiger partial charge in [-0.25, -0.2) is 0 Å². The molecule has 4 nitrogen and oxygen atoms in total. The second-order valence-electron chi connectivity index (χ2n) is 7.55. The van der Waals surface area contributed by atoms with E-state index in [1.165, 1.54) is 5.56 Å². The minimum atomic E-state index is 0.139. The first-order valence-electron chi connectivity index (χ1n) is 8.96. The zero-order chi connectivity index (χ0) is 17.6. The van der Waals surface area contributed by atoms with Crippen LogP contribution in [-0.2, 0) is 10.2 Å². The summed E-state index contributed by atoms with van der Waals surface area (Å²) in [5.74, 6) is 1.34. The van der Waals surface area contributed by atoms with Gasteiger partial charge < -0.3 is 14.5 Å². The Morgan fingerprint density at radius 3 is 2.08 bits per heavy atom. The molecule has 4 heteroatoms. The Morgan fingerprint density at radius 1 is 0.958 bits per heavy atom. The summed E-state index contributed by atoms with van der Waals surface area (Å²) < 4.78 is 5.80. The molecule has 0 saturated heterocycles. The number of carbonyl (C=O) groups excluding carboxylic acids is 1. The number of benzene rings is 1. The van der Waals surface area contributed by atoms with Crippen LogP contribution in [0.15, 0.2) is 24.3 Å². The zero-order valence-electron chi connectivity index (χ0n) is 15.7. The van der Waals surface area contributed by atoms with Gasteiger partial charge in [-0.1, -0.05) is 12.1 Å². The highest BCUT2D eigenvalue weighted by Crippen LogP contribution is 2.41. The number of ketones is 1. The van der Waals surface area contributed by atoms with Crippen molar-refractivity contribution in [3.63, 3.8) is 0 Å². The summed E-state index contributed by atoms with van der Waals surface area (Å²) in [5, 5.41) is 0. The first-order valence-corrected chi connectivity index (χ1v) is 8.96. The lowest BCUT2D eigenvalue weighted by Crippen LogP contribution is -2.35. The van der Waals surface area contributed by atoms with E-state index in [0.717, 1.165) is 38.1 Å². The Bertz CT molecular complexity index is 513. The molecule has 0 heterocycles. The standard InChI is InChI=1S/C20H32N2O2/c1-21(2)14-13-20(11-9-18(23)10-12-20)17-5-7-19(8-6-17)24-16-15-22(3)4/h5-8H,9-16H2,1-4H3. The largest absolute Gasteiger partial charge is 0.492 e. The minimum Gasteiger partial charge on any atom is -0.492 e. The number of carbonyl (C=O) groups is 1. The van der Waals surface area contributed by atoms with E-state index in [2.05, 4.69) is 48.2 Å². The van der Waals surface area contributed by atoms with Crippen LogP contribution >= 0.6 is 0 Å². The highest BCUT2D eigenvalue weighted by atomic mass is 16.5. The summed E-state index contributed by atoms with van der Waals surface area (Å²) in [6, 6.07) is 8.57. The van der Waals surface area contributed by atoms with E-state index < -0.39 is 0 Å². The monoisotopic (exact) mass is 332 g/mol. The van der Waals surface area contributed by atoms with Crippen LogP contribution < -0.4 is 4.74 Å². The Morgan fingerprint density at radius 2 is 1.54 bits per heavy atom. The number of likely N-dealkylation sites (N-methyl/N-ethyl adjacent to an activating group) is 1. The lowest BCUT2D eigenvalue weighted by atomic mass is 9.67. The SMILES string of the molecule is CN(C)CCOc1ccc(C2(CCN(C)C)CCC(=O)CC2)cc1. The molecule has 1 fully saturated rings. The van der Waals surface area contributed by atoms with Gasteiger partial charge in [0, 0.05) is 19.4 Å². The van der Waals surface area contributed by atoms with Gasteiger partial charge in [-0.2, -0.15) is 0 Å². The van der Waals surface area contributed by atoms with E-state index in [0.29, 0.717) is 25.2 Å². The second kappa shape index (κ2) is 8.63. The third-order valence-electron chi connectivity index (χ3n) is 5.08. The molecule has 0 aliphatic heterocycles. The van der Waals surface area contributed by atoms with Crippen molar-refractivity contribution in [1.82, 2.24) is 9.80 Å². The molecular formula is C20H32N2O2. The number of rotatable bonds is 8. The van der Waals surface area contributed by atoms with Gasteiger partial charge in [-0.05, 0) is 77.1 Å². The zero-order valence-corrected chi connectivity index (χ0v) is 15.7. The number of Topliss-reactive ketones (excluding diaryl/α,β-unsaturated/α-hetero) is 1. The molecule has 0 atom stereocenters. The summed E-state index contributed by atoms with van der Waals surface area (Å²) in [6.45, 7) is 2.67. The molecule has 2 rings (SSSR count). The maximum absolute atomic E-state index is 11.7. The fraction of sp³-hybridized carbons (Fsp3) is 0.650. The molecule has 0 radical (unpaired) electrons. The van der Waals surface area contributed by atoms with E-state index >= 15 is 0 Å². The fourth-order valence-corrected chi connectivity index (χ4v) is 3.38. The van der Waals surface area contributed by atoms with Gasteiger partial charge in [0.25, 0.3) is 0 Å². The number of hydrogen-bond acceptors (Lipinski definition) is 4. The highest BCUT2D eigenvalue weighted by molar-refractivity contribution is 5.79. The maximum Gasteiger partial charge on any atom is 0.132 e. The van der Waals surface area contributed by atoms with Crippen molar-refractivity contribution >= 4 is 5.78 Å². The predicted molar refractivity (Wildman–Crippen MR) is 98.8 cm³/mol. The van der Waals surface area contributed by atoms with Gasteiger partial charge in [0.05, 0.1) is 0 Å². The minimum absolute atomic E-state index is 0.139. The van der Waals surface area contributed by atoms with Crippen LogP contribution in [0.25, 0.3) is 0 Å². The quantitative estimate of drug-likeness (QED) is 0.733. The van der Waals surface area contributed by atoms with Crippen LogP contribution in [0, 0.1) is 0 Å². The van der Waals surface area contributed by atoms with Crippen molar-refractivity contribution < 1.29 is 9.53 Å². The van der Waals surface area contributed by atoms with Gasteiger partial charge >= 0.3 is 0 Å². The Labute approximate surface area is 146 Å². The van der Waals surface area contributed by atoms with Crippen LogP contribution in [0.3, 0.4) is 0 Å². The molecule has 134 valence electrons. The molecule has 1 aromatic carbocycles. The summed E-state index contributed by atoms with van der Waals surface area (Å²) in [7, 11) is 8.32. The summed E-state index contributed by atoms with van der Waals surface area (Å²) >= 11 is 0. The normalized spacial score (nSPS) is 17.5.